The van der Waals surface area contributed by atoms with Crippen LogP contribution in [0, 0.1) is 0 Å². The van der Waals surface area contributed by atoms with Crippen LogP contribution in [0.2, 0.25) is 0 Å². The summed E-state index contributed by atoms with van der Waals surface area (Å²) in [7, 11) is 0. The largest absolute Gasteiger partial charge is 0.480 e. The van der Waals surface area contributed by atoms with Gasteiger partial charge in [-0.3, -0.25) is 4.79 Å². The molecule has 1 unspecified atom stereocenters. The lowest BCUT2D eigenvalue weighted by Crippen LogP contribution is -2.48. The highest BCUT2D eigenvalue weighted by atomic mass is 32.2. The number of thioether (sulfide) groups is 1. The van der Waals surface area contributed by atoms with Crippen molar-refractivity contribution in [2.75, 3.05) is 6.26 Å². The zero-order chi connectivity index (χ0) is 15.7. The lowest BCUT2D eigenvalue weighted by atomic mass is 9.94. The van der Waals surface area contributed by atoms with Crippen LogP contribution in [0.25, 0.3) is 0 Å². The fourth-order valence-electron chi connectivity index (χ4n) is 2.64. The normalized spacial score (nSPS) is 17.1. The molecule has 0 spiro atoms. The van der Waals surface area contributed by atoms with Gasteiger partial charge in [-0.25, -0.2) is 4.79 Å². The summed E-state index contributed by atoms with van der Waals surface area (Å²) in [6.45, 7) is 0.279. The van der Waals surface area contributed by atoms with Crippen molar-refractivity contribution >= 4 is 23.6 Å². The van der Waals surface area contributed by atoms with Crippen molar-refractivity contribution in [1.82, 2.24) is 4.90 Å². The average Bonchev–Trinajstić information content (AvgIpc) is 3.02. The van der Waals surface area contributed by atoms with Gasteiger partial charge in [0.05, 0.1) is 0 Å². The molecule has 6 heteroatoms. The van der Waals surface area contributed by atoms with Crippen molar-refractivity contribution in [1.29, 1.82) is 0 Å². The number of fused-ring (bicyclic) bond motifs is 1. The molecule has 0 bridgehead atoms. The molecule has 1 aromatic carbocycles. The maximum atomic E-state index is 12.6. The van der Waals surface area contributed by atoms with Crippen molar-refractivity contribution in [3.05, 3.63) is 53.3 Å². The van der Waals surface area contributed by atoms with E-state index >= 15 is 0 Å². The fourth-order valence-corrected chi connectivity index (χ4v) is 3.02. The number of carbonyl (C=O) groups excluding carboxylic acids is 1. The van der Waals surface area contributed by atoms with Gasteiger partial charge in [-0.2, -0.15) is 0 Å². The molecule has 0 saturated carbocycles. The summed E-state index contributed by atoms with van der Waals surface area (Å²) in [4.78, 5) is 25.5. The van der Waals surface area contributed by atoms with Gasteiger partial charge in [0.1, 0.15) is 6.04 Å². The van der Waals surface area contributed by atoms with Crippen molar-refractivity contribution < 1.29 is 19.1 Å². The number of furan rings is 1. The minimum atomic E-state index is -1.00. The van der Waals surface area contributed by atoms with E-state index in [1.54, 1.807) is 12.1 Å². The van der Waals surface area contributed by atoms with Gasteiger partial charge in [-0.1, -0.05) is 36.0 Å². The second kappa shape index (κ2) is 5.88. The number of carboxylic acids is 1. The van der Waals surface area contributed by atoms with E-state index in [1.807, 2.05) is 30.5 Å². The van der Waals surface area contributed by atoms with Crippen molar-refractivity contribution in [3.63, 3.8) is 0 Å². The quantitative estimate of drug-likeness (QED) is 0.881. The minimum absolute atomic E-state index is 0.176. The van der Waals surface area contributed by atoms with Crippen LogP contribution in [-0.4, -0.2) is 34.2 Å². The van der Waals surface area contributed by atoms with E-state index in [0.717, 1.165) is 11.1 Å². The lowest BCUT2D eigenvalue weighted by Gasteiger charge is -2.33. The molecule has 22 heavy (non-hydrogen) atoms. The van der Waals surface area contributed by atoms with Crippen LogP contribution in [0.1, 0.15) is 21.7 Å². The van der Waals surface area contributed by atoms with Gasteiger partial charge in [0.25, 0.3) is 5.91 Å². The van der Waals surface area contributed by atoms with Gasteiger partial charge in [0.15, 0.2) is 10.9 Å². The number of nitrogens with zero attached hydrogens (tertiary/aromatic N) is 1. The van der Waals surface area contributed by atoms with Gasteiger partial charge in [0.2, 0.25) is 0 Å². The predicted molar refractivity (Wildman–Crippen MR) is 81.9 cm³/mol. The second-order valence-corrected chi connectivity index (χ2v) is 5.89. The summed E-state index contributed by atoms with van der Waals surface area (Å²) in [6.07, 6.45) is 2.16. The Hall–Kier alpha value is -2.21. The van der Waals surface area contributed by atoms with Crippen molar-refractivity contribution in [2.24, 2.45) is 0 Å². The Kier molecular flexibility index (Phi) is 3.94. The van der Waals surface area contributed by atoms with Gasteiger partial charge in [0, 0.05) is 13.0 Å². The lowest BCUT2D eigenvalue weighted by molar-refractivity contribution is -0.142. The molecule has 1 N–H and O–H groups in total. The first-order chi connectivity index (χ1) is 10.6. The molecule has 114 valence electrons. The van der Waals surface area contributed by atoms with E-state index < -0.39 is 12.0 Å². The first-order valence-electron chi connectivity index (χ1n) is 6.84. The van der Waals surface area contributed by atoms with Crippen molar-refractivity contribution in [2.45, 2.75) is 24.1 Å². The van der Waals surface area contributed by atoms with Gasteiger partial charge in [-0.15, -0.1) is 0 Å². The number of hydrogen-bond donors (Lipinski definition) is 1. The maximum Gasteiger partial charge on any atom is 0.326 e. The molecule has 3 rings (SSSR count). The number of carbonyl (C=O) groups is 2. The van der Waals surface area contributed by atoms with Crippen LogP contribution in [0.4, 0.5) is 0 Å². The molecule has 0 saturated heterocycles. The van der Waals surface area contributed by atoms with E-state index in [2.05, 4.69) is 0 Å². The second-order valence-electron chi connectivity index (χ2n) is 5.08. The van der Waals surface area contributed by atoms with E-state index in [4.69, 9.17) is 4.42 Å². The molecule has 1 aromatic heterocycles. The molecule has 0 radical (unpaired) electrons. The highest BCUT2D eigenvalue weighted by Gasteiger charge is 2.35. The monoisotopic (exact) mass is 317 g/mol. The standard InChI is InChI=1S/C16H15NO4S/c1-22-14-7-6-13(21-14)15(18)17-9-11-5-3-2-4-10(11)8-12(17)16(19)20/h2-7,12H,8-9H2,1H3,(H,19,20). The van der Waals surface area contributed by atoms with Crippen LogP contribution >= 0.6 is 11.8 Å². The third-order valence-corrected chi connectivity index (χ3v) is 4.41. The smallest absolute Gasteiger partial charge is 0.326 e. The molecule has 1 aliphatic heterocycles. The molecule has 0 fully saturated rings. The first-order valence-corrected chi connectivity index (χ1v) is 8.07. The third-order valence-electron chi connectivity index (χ3n) is 3.79. The Morgan fingerprint density at radius 2 is 1.95 bits per heavy atom. The SMILES string of the molecule is CSc1ccc(C(=O)N2Cc3ccccc3CC2C(=O)O)o1. The summed E-state index contributed by atoms with van der Waals surface area (Å²) >= 11 is 1.40. The highest BCUT2D eigenvalue weighted by Crippen LogP contribution is 2.26. The molecular formula is C16H15NO4S. The molecule has 0 aliphatic carbocycles. The third kappa shape index (κ3) is 2.62. The summed E-state index contributed by atoms with van der Waals surface area (Å²) in [5, 5.41) is 10.1. The van der Waals surface area contributed by atoms with Gasteiger partial charge < -0.3 is 14.4 Å². The fraction of sp³-hybridized carbons (Fsp3) is 0.250. The Morgan fingerprint density at radius 1 is 1.23 bits per heavy atom. The molecule has 2 heterocycles. The number of benzene rings is 1. The summed E-state index contributed by atoms with van der Waals surface area (Å²) in [5.74, 6) is -1.21. The van der Waals surface area contributed by atoms with Crippen LogP contribution in [0.15, 0.2) is 45.9 Å². The zero-order valence-corrected chi connectivity index (χ0v) is 12.8. The van der Waals surface area contributed by atoms with E-state index in [0.29, 0.717) is 11.5 Å². The molecule has 2 aromatic rings. The van der Waals surface area contributed by atoms with Gasteiger partial charge >= 0.3 is 5.97 Å². The molecule has 1 aliphatic rings. The molecular weight excluding hydrogens is 302 g/mol. The number of aliphatic carboxylic acids is 1. The summed E-state index contributed by atoms with van der Waals surface area (Å²) in [6, 6.07) is 10.0. The highest BCUT2D eigenvalue weighted by molar-refractivity contribution is 7.98. The Labute approximate surface area is 131 Å². The van der Waals surface area contributed by atoms with Crippen molar-refractivity contribution in [3.8, 4) is 0 Å². The molecule has 1 amide bonds. The number of rotatable bonds is 3. The minimum Gasteiger partial charge on any atom is -0.480 e. The van der Waals surface area contributed by atoms with E-state index in [9.17, 15) is 14.7 Å². The van der Waals surface area contributed by atoms with Crippen LogP contribution in [0.5, 0.6) is 0 Å². The average molecular weight is 317 g/mol. The van der Waals surface area contributed by atoms with E-state index in [1.165, 1.54) is 16.7 Å². The maximum absolute atomic E-state index is 12.6. The van der Waals surface area contributed by atoms with E-state index in [-0.39, 0.29) is 18.2 Å². The van der Waals surface area contributed by atoms with Crippen LogP contribution < -0.4 is 0 Å². The zero-order valence-electron chi connectivity index (χ0n) is 12.0. The van der Waals surface area contributed by atoms with Gasteiger partial charge in [-0.05, 0) is 29.5 Å². The summed E-state index contributed by atoms with van der Waals surface area (Å²) < 4.78 is 5.44. The number of carboxylic acid groups (broad SMARTS) is 1. The van der Waals surface area contributed by atoms with Crippen LogP contribution in [0.3, 0.4) is 0 Å². The Bertz CT molecular complexity index is 724. The summed E-state index contributed by atoms with van der Waals surface area (Å²) in [5.41, 5.74) is 1.95. The molecule has 1 atom stereocenters. The first kappa shape index (κ1) is 14.7. The Balaban J connectivity index is 1.93. The number of amides is 1. The van der Waals surface area contributed by atoms with Crippen LogP contribution in [-0.2, 0) is 17.8 Å². The predicted octanol–water partition coefficient (Wildman–Crippen LogP) is 2.65. The molecule has 5 nitrogen and oxygen atoms in total. The number of hydrogen-bond acceptors (Lipinski definition) is 4. The Morgan fingerprint density at radius 3 is 2.59 bits per heavy atom. The topological polar surface area (TPSA) is 70.8 Å².